The topological polar surface area (TPSA) is 92.5 Å². The fourth-order valence-corrected chi connectivity index (χ4v) is 2.01. The first kappa shape index (κ1) is 16.4. The molecule has 0 radical (unpaired) electrons. The van der Waals surface area contributed by atoms with Crippen LogP contribution in [0.2, 0.25) is 5.02 Å². The van der Waals surface area contributed by atoms with Gasteiger partial charge in [0.25, 0.3) is 5.69 Å². The van der Waals surface area contributed by atoms with Crippen LogP contribution in [0.25, 0.3) is 0 Å². The SMILES string of the molecule is CC(C)CC(NCc1ccc([N+](=O)[O-])cc1Cl)C(=O)O. The Kier molecular flexibility index (Phi) is 5.91. The highest BCUT2D eigenvalue weighted by molar-refractivity contribution is 6.31. The third kappa shape index (κ3) is 4.79. The van der Waals surface area contributed by atoms with Crippen LogP contribution in [0.1, 0.15) is 25.8 Å². The maximum Gasteiger partial charge on any atom is 0.320 e. The van der Waals surface area contributed by atoms with E-state index in [0.717, 1.165) is 0 Å². The van der Waals surface area contributed by atoms with Crippen molar-refractivity contribution < 1.29 is 14.8 Å². The van der Waals surface area contributed by atoms with E-state index in [1.807, 2.05) is 13.8 Å². The second-order valence-corrected chi connectivity index (χ2v) is 5.34. The van der Waals surface area contributed by atoms with Crippen molar-refractivity contribution in [2.45, 2.75) is 32.9 Å². The Balaban J connectivity index is 2.73. The number of carboxylic acids is 1. The summed E-state index contributed by atoms with van der Waals surface area (Å²) < 4.78 is 0. The van der Waals surface area contributed by atoms with Gasteiger partial charge in [-0.2, -0.15) is 0 Å². The van der Waals surface area contributed by atoms with E-state index in [9.17, 15) is 14.9 Å². The Morgan fingerprint density at radius 2 is 2.15 bits per heavy atom. The number of nitrogens with zero attached hydrogens (tertiary/aromatic N) is 1. The molecule has 1 atom stereocenters. The van der Waals surface area contributed by atoms with Crippen LogP contribution in [-0.2, 0) is 11.3 Å². The molecule has 0 amide bonds. The fraction of sp³-hybridized carbons (Fsp3) is 0.462. The average Bonchev–Trinajstić information content (AvgIpc) is 2.34. The molecule has 1 rings (SSSR count). The summed E-state index contributed by atoms with van der Waals surface area (Å²) in [6.07, 6.45) is 0.500. The van der Waals surface area contributed by atoms with Gasteiger partial charge < -0.3 is 10.4 Å². The molecule has 0 aliphatic heterocycles. The van der Waals surface area contributed by atoms with E-state index in [0.29, 0.717) is 12.0 Å². The zero-order valence-electron chi connectivity index (χ0n) is 11.3. The summed E-state index contributed by atoms with van der Waals surface area (Å²) in [5.41, 5.74) is 0.544. The van der Waals surface area contributed by atoms with Crippen molar-refractivity contribution in [1.29, 1.82) is 0 Å². The smallest absolute Gasteiger partial charge is 0.320 e. The molecule has 2 N–H and O–H groups in total. The number of nitro groups is 1. The van der Waals surface area contributed by atoms with Gasteiger partial charge in [-0.15, -0.1) is 0 Å². The molecule has 1 aromatic rings. The predicted molar refractivity (Wildman–Crippen MR) is 75.8 cm³/mol. The summed E-state index contributed by atoms with van der Waals surface area (Å²) in [7, 11) is 0. The number of rotatable bonds is 7. The molecule has 6 nitrogen and oxygen atoms in total. The van der Waals surface area contributed by atoms with E-state index in [4.69, 9.17) is 16.7 Å². The number of hydrogen-bond donors (Lipinski definition) is 2. The summed E-state index contributed by atoms with van der Waals surface area (Å²) in [6, 6.07) is 3.47. The van der Waals surface area contributed by atoms with Crippen LogP contribution in [0.4, 0.5) is 5.69 Å². The van der Waals surface area contributed by atoms with Gasteiger partial charge in [-0.1, -0.05) is 25.4 Å². The molecular weight excluding hydrogens is 284 g/mol. The molecule has 0 saturated heterocycles. The van der Waals surface area contributed by atoms with E-state index in [1.54, 1.807) is 0 Å². The van der Waals surface area contributed by atoms with Gasteiger partial charge >= 0.3 is 5.97 Å². The first-order valence-electron chi connectivity index (χ1n) is 6.20. The van der Waals surface area contributed by atoms with Crippen molar-refractivity contribution in [2.24, 2.45) is 5.92 Å². The van der Waals surface area contributed by atoms with Crippen molar-refractivity contribution in [3.05, 3.63) is 38.9 Å². The maximum atomic E-state index is 11.1. The van der Waals surface area contributed by atoms with Crippen LogP contribution in [0.5, 0.6) is 0 Å². The average molecular weight is 301 g/mol. The summed E-state index contributed by atoms with van der Waals surface area (Å²) in [5, 5.41) is 22.8. The largest absolute Gasteiger partial charge is 0.480 e. The molecule has 7 heteroatoms. The summed E-state index contributed by atoms with van der Waals surface area (Å²) >= 11 is 5.95. The molecule has 0 aliphatic carbocycles. The Hall–Kier alpha value is -1.66. The number of hydrogen-bond acceptors (Lipinski definition) is 4. The van der Waals surface area contributed by atoms with Gasteiger partial charge in [0, 0.05) is 18.7 Å². The highest BCUT2D eigenvalue weighted by Crippen LogP contribution is 2.22. The van der Waals surface area contributed by atoms with Gasteiger partial charge in [0.15, 0.2) is 0 Å². The second-order valence-electron chi connectivity index (χ2n) is 4.93. The molecule has 0 fully saturated rings. The Morgan fingerprint density at radius 1 is 1.50 bits per heavy atom. The van der Waals surface area contributed by atoms with Crippen LogP contribution in [0.3, 0.4) is 0 Å². The van der Waals surface area contributed by atoms with Gasteiger partial charge in [-0.05, 0) is 24.0 Å². The number of benzene rings is 1. The zero-order chi connectivity index (χ0) is 15.3. The summed E-state index contributed by atoms with van der Waals surface area (Å²) in [6.45, 7) is 4.13. The summed E-state index contributed by atoms with van der Waals surface area (Å²) in [5.74, 6) is -0.673. The number of nitro benzene ring substituents is 1. The van der Waals surface area contributed by atoms with Crippen LogP contribution in [0, 0.1) is 16.0 Å². The molecule has 1 unspecified atom stereocenters. The van der Waals surface area contributed by atoms with Crippen molar-refractivity contribution in [3.63, 3.8) is 0 Å². The molecule has 0 heterocycles. The van der Waals surface area contributed by atoms with Crippen molar-refractivity contribution in [1.82, 2.24) is 5.32 Å². The minimum absolute atomic E-state index is 0.0873. The fourth-order valence-electron chi connectivity index (χ4n) is 1.77. The lowest BCUT2D eigenvalue weighted by Gasteiger charge is -2.16. The minimum Gasteiger partial charge on any atom is -0.480 e. The molecule has 1 aromatic carbocycles. The second kappa shape index (κ2) is 7.21. The van der Waals surface area contributed by atoms with E-state index in [1.165, 1.54) is 18.2 Å². The molecular formula is C13H17ClN2O4. The number of halogens is 1. The van der Waals surface area contributed by atoms with Crippen LogP contribution >= 0.6 is 11.6 Å². The highest BCUT2D eigenvalue weighted by atomic mass is 35.5. The van der Waals surface area contributed by atoms with Gasteiger partial charge in [-0.3, -0.25) is 14.9 Å². The van der Waals surface area contributed by atoms with Crippen LogP contribution in [0.15, 0.2) is 18.2 Å². The van der Waals surface area contributed by atoms with E-state index >= 15 is 0 Å². The van der Waals surface area contributed by atoms with Gasteiger partial charge in [-0.25, -0.2) is 0 Å². The molecule has 20 heavy (non-hydrogen) atoms. The third-order valence-corrected chi connectivity index (χ3v) is 3.14. The van der Waals surface area contributed by atoms with Crippen molar-refractivity contribution in [2.75, 3.05) is 0 Å². The monoisotopic (exact) mass is 300 g/mol. The van der Waals surface area contributed by atoms with E-state index in [-0.39, 0.29) is 23.2 Å². The number of nitrogens with one attached hydrogen (secondary N) is 1. The Bertz CT molecular complexity index is 505. The van der Waals surface area contributed by atoms with E-state index < -0.39 is 16.9 Å². The lowest BCUT2D eigenvalue weighted by Crippen LogP contribution is -2.37. The molecule has 0 spiro atoms. The lowest BCUT2D eigenvalue weighted by atomic mass is 10.0. The number of non-ortho nitro benzene ring substituents is 1. The predicted octanol–water partition coefficient (Wildman–Crippen LogP) is 2.84. The van der Waals surface area contributed by atoms with Gasteiger partial charge in [0.1, 0.15) is 6.04 Å². The molecule has 0 bridgehead atoms. The maximum absolute atomic E-state index is 11.1. The van der Waals surface area contributed by atoms with E-state index in [2.05, 4.69) is 5.32 Å². The standard InChI is InChI=1S/C13H17ClN2O4/c1-8(2)5-12(13(17)18)15-7-9-3-4-10(16(19)20)6-11(9)14/h3-4,6,8,12,15H,5,7H2,1-2H3,(H,17,18). The zero-order valence-corrected chi connectivity index (χ0v) is 12.1. The lowest BCUT2D eigenvalue weighted by molar-refractivity contribution is -0.384. The first-order valence-corrected chi connectivity index (χ1v) is 6.58. The Morgan fingerprint density at radius 3 is 2.60 bits per heavy atom. The number of aliphatic carboxylic acids is 1. The van der Waals surface area contributed by atoms with Gasteiger partial charge in [0.05, 0.1) is 9.95 Å². The van der Waals surface area contributed by atoms with Crippen molar-refractivity contribution >= 4 is 23.3 Å². The third-order valence-electron chi connectivity index (χ3n) is 2.79. The first-order chi connectivity index (χ1) is 9.31. The quantitative estimate of drug-likeness (QED) is 0.596. The van der Waals surface area contributed by atoms with Gasteiger partial charge in [0.2, 0.25) is 0 Å². The number of carboxylic acid groups (broad SMARTS) is 1. The van der Waals surface area contributed by atoms with Crippen molar-refractivity contribution in [3.8, 4) is 0 Å². The molecule has 0 aliphatic rings. The molecule has 110 valence electrons. The van der Waals surface area contributed by atoms with Crippen LogP contribution < -0.4 is 5.32 Å². The molecule has 0 saturated carbocycles. The van der Waals surface area contributed by atoms with Crippen LogP contribution in [-0.4, -0.2) is 22.0 Å². The Labute approximate surface area is 121 Å². The minimum atomic E-state index is -0.920. The highest BCUT2D eigenvalue weighted by Gasteiger charge is 2.19. The number of carbonyl (C=O) groups is 1. The normalized spacial score (nSPS) is 12.4. The summed E-state index contributed by atoms with van der Waals surface area (Å²) in [4.78, 5) is 21.2. The molecule has 0 aromatic heterocycles.